The Bertz CT molecular complexity index is 519. The highest BCUT2D eigenvalue weighted by Crippen LogP contribution is 2.27. The number of rotatable bonds is 4. The predicted octanol–water partition coefficient (Wildman–Crippen LogP) is 1.97. The van der Waals surface area contributed by atoms with E-state index in [2.05, 4.69) is 4.65 Å². The Balaban J connectivity index is 2.15. The van der Waals surface area contributed by atoms with E-state index in [-0.39, 0.29) is 11.5 Å². The molecule has 0 aliphatic carbocycles. The van der Waals surface area contributed by atoms with E-state index in [1.54, 1.807) is 24.3 Å². The van der Waals surface area contributed by atoms with Gasteiger partial charge in [-0.05, 0) is 24.3 Å². The standard InChI is InChI=1S/C12H10BFO4/c14-11-8-10(18-13(15)16)6-7-12(11)17-9-4-2-1-3-5-9/h1-8,15-16H. The second-order valence-corrected chi connectivity index (χ2v) is 3.45. The molecule has 0 unspecified atom stereocenters. The normalized spacial score (nSPS) is 9.94. The molecule has 0 amide bonds. The van der Waals surface area contributed by atoms with Gasteiger partial charge in [-0.2, -0.15) is 0 Å². The minimum Gasteiger partial charge on any atom is -0.512 e. The summed E-state index contributed by atoms with van der Waals surface area (Å²) in [5, 5.41) is 17.2. The van der Waals surface area contributed by atoms with E-state index in [0.717, 1.165) is 6.07 Å². The molecule has 2 N–H and O–H groups in total. The molecule has 0 fully saturated rings. The second kappa shape index (κ2) is 5.53. The Morgan fingerprint density at radius 3 is 2.28 bits per heavy atom. The Morgan fingerprint density at radius 2 is 1.67 bits per heavy atom. The lowest BCUT2D eigenvalue weighted by molar-refractivity contribution is 0.287. The predicted molar refractivity (Wildman–Crippen MR) is 63.7 cm³/mol. The van der Waals surface area contributed by atoms with Crippen LogP contribution in [0.1, 0.15) is 0 Å². The highest BCUT2D eigenvalue weighted by atomic mass is 19.1. The summed E-state index contributed by atoms with van der Waals surface area (Å²) in [7, 11) is -1.98. The fraction of sp³-hybridized carbons (Fsp3) is 0. The third-order valence-corrected chi connectivity index (χ3v) is 2.12. The van der Waals surface area contributed by atoms with Crippen LogP contribution in [0, 0.1) is 5.82 Å². The molecular formula is C12H10BFO4. The van der Waals surface area contributed by atoms with Crippen molar-refractivity contribution >= 4 is 7.32 Å². The topological polar surface area (TPSA) is 58.9 Å². The maximum absolute atomic E-state index is 13.6. The van der Waals surface area contributed by atoms with Gasteiger partial charge < -0.3 is 19.4 Å². The maximum Gasteiger partial charge on any atom is 0.707 e. The smallest absolute Gasteiger partial charge is 0.512 e. The monoisotopic (exact) mass is 248 g/mol. The van der Waals surface area contributed by atoms with Crippen molar-refractivity contribution in [2.75, 3.05) is 0 Å². The molecule has 0 aliphatic heterocycles. The van der Waals surface area contributed by atoms with E-state index >= 15 is 0 Å². The molecule has 0 spiro atoms. The van der Waals surface area contributed by atoms with Gasteiger partial charge in [0, 0.05) is 6.07 Å². The van der Waals surface area contributed by atoms with Gasteiger partial charge in [0.1, 0.15) is 11.5 Å². The third kappa shape index (κ3) is 3.22. The fourth-order valence-corrected chi connectivity index (χ4v) is 1.37. The lowest BCUT2D eigenvalue weighted by Gasteiger charge is -2.09. The van der Waals surface area contributed by atoms with Gasteiger partial charge in [0.25, 0.3) is 0 Å². The number of para-hydroxylation sites is 1. The molecule has 2 aromatic rings. The molecule has 18 heavy (non-hydrogen) atoms. The molecule has 6 heteroatoms. The Kier molecular flexibility index (Phi) is 3.81. The molecule has 0 aromatic heterocycles. The summed E-state index contributed by atoms with van der Waals surface area (Å²) in [6.45, 7) is 0. The first kappa shape index (κ1) is 12.4. The highest BCUT2D eigenvalue weighted by molar-refractivity contribution is 6.33. The van der Waals surface area contributed by atoms with Gasteiger partial charge in [-0.3, -0.25) is 0 Å². The van der Waals surface area contributed by atoms with Gasteiger partial charge in [-0.15, -0.1) is 0 Å². The van der Waals surface area contributed by atoms with Crippen LogP contribution in [0.25, 0.3) is 0 Å². The van der Waals surface area contributed by atoms with Crippen molar-refractivity contribution in [3.05, 3.63) is 54.3 Å². The van der Waals surface area contributed by atoms with E-state index < -0.39 is 13.1 Å². The maximum atomic E-state index is 13.6. The third-order valence-electron chi connectivity index (χ3n) is 2.12. The van der Waals surface area contributed by atoms with Crippen LogP contribution in [0.15, 0.2) is 48.5 Å². The highest BCUT2D eigenvalue weighted by Gasteiger charge is 2.13. The van der Waals surface area contributed by atoms with E-state index in [1.165, 1.54) is 12.1 Å². The van der Waals surface area contributed by atoms with E-state index in [0.29, 0.717) is 5.75 Å². The van der Waals surface area contributed by atoms with Gasteiger partial charge in [0.15, 0.2) is 11.6 Å². The zero-order valence-corrected chi connectivity index (χ0v) is 9.29. The van der Waals surface area contributed by atoms with Gasteiger partial charge in [-0.1, -0.05) is 18.2 Å². The van der Waals surface area contributed by atoms with Crippen LogP contribution in [-0.4, -0.2) is 17.4 Å². The van der Waals surface area contributed by atoms with Crippen molar-refractivity contribution in [2.24, 2.45) is 0 Å². The Hall–Kier alpha value is -2.05. The first-order valence-electron chi connectivity index (χ1n) is 5.20. The minimum atomic E-state index is -1.98. The van der Waals surface area contributed by atoms with Gasteiger partial charge in [-0.25, -0.2) is 4.39 Å². The zero-order chi connectivity index (χ0) is 13.0. The van der Waals surface area contributed by atoms with Crippen molar-refractivity contribution in [3.8, 4) is 17.2 Å². The summed E-state index contributed by atoms with van der Waals surface area (Å²) in [6, 6.07) is 12.5. The molecule has 0 aliphatic rings. The lowest BCUT2D eigenvalue weighted by atomic mass is 10.2. The molecule has 0 saturated carbocycles. The fourth-order valence-electron chi connectivity index (χ4n) is 1.37. The first-order valence-corrected chi connectivity index (χ1v) is 5.20. The molecule has 4 nitrogen and oxygen atoms in total. The quantitative estimate of drug-likeness (QED) is 0.812. The van der Waals surface area contributed by atoms with Crippen LogP contribution in [-0.2, 0) is 0 Å². The van der Waals surface area contributed by atoms with Crippen LogP contribution in [0.5, 0.6) is 17.2 Å². The van der Waals surface area contributed by atoms with Crippen molar-refractivity contribution < 1.29 is 23.8 Å². The molecule has 0 saturated heterocycles. The number of ether oxygens (including phenoxy) is 1. The molecular weight excluding hydrogens is 238 g/mol. The summed E-state index contributed by atoms with van der Waals surface area (Å²) < 4.78 is 23.4. The van der Waals surface area contributed by atoms with Crippen LogP contribution in [0.3, 0.4) is 0 Å². The molecule has 92 valence electrons. The average Bonchev–Trinajstić information content (AvgIpc) is 2.33. The molecule has 2 aromatic carbocycles. The molecule has 0 radical (unpaired) electrons. The summed E-state index contributed by atoms with van der Waals surface area (Å²) >= 11 is 0. The lowest BCUT2D eigenvalue weighted by Crippen LogP contribution is -2.20. The van der Waals surface area contributed by atoms with E-state index in [4.69, 9.17) is 14.8 Å². The van der Waals surface area contributed by atoms with Crippen LogP contribution >= 0.6 is 0 Å². The van der Waals surface area contributed by atoms with Crippen LogP contribution in [0.2, 0.25) is 0 Å². The summed E-state index contributed by atoms with van der Waals surface area (Å²) in [6.07, 6.45) is 0. The summed E-state index contributed by atoms with van der Waals surface area (Å²) in [5.74, 6) is -0.117. The van der Waals surface area contributed by atoms with Crippen LogP contribution in [0.4, 0.5) is 4.39 Å². The number of benzene rings is 2. The molecule has 2 rings (SSSR count). The molecule has 0 heterocycles. The molecule has 0 bridgehead atoms. The second-order valence-electron chi connectivity index (χ2n) is 3.45. The summed E-state index contributed by atoms with van der Waals surface area (Å²) in [5.41, 5.74) is 0. The van der Waals surface area contributed by atoms with Crippen molar-refractivity contribution in [3.63, 3.8) is 0 Å². The van der Waals surface area contributed by atoms with Gasteiger partial charge in [0.2, 0.25) is 0 Å². The largest absolute Gasteiger partial charge is 0.707 e. The van der Waals surface area contributed by atoms with Gasteiger partial charge in [0.05, 0.1) is 0 Å². The van der Waals surface area contributed by atoms with E-state index in [9.17, 15) is 4.39 Å². The zero-order valence-electron chi connectivity index (χ0n) is 9.29. The first-order chi connectivity index (χ1) is 8.65. The Morgan fingerprint density at radius 1 is 0.944 bits per heavy atom. The average molecular weight is 248 g/mol. The van der Waals surface area contributed by atoms with Crippen LogP contribution < -0.4 is 9.39 Å². The van der Waals surface area contributed by atoms with E-state index in [1.807, 2.05) is 6.07 Å². The SMILES string of the molecule is OB(O)Oc1ccc(Oc2ccccc2)c(F)c1. The van der Waals surface area contributed by atoms with Gasteiger partial charge >= 0.3 is 7.32 Å². The number of halogens is 1. The summed E-state index contributed by atoms with van der Waals surface area (Å²) in [4.78, 5) is 0. The Labute approximate surface area is 103 Å². The molecule has 0 atom stereocenters. The van der Waals surface area contributed by atoms with Crippen molar-refractivity contribution in [2.45, 2.75) is 0 Å². The number of hydrogen-bond donors (Lipinski definition) is 2. The number of hydrogen-bond acceptors (Lipinski definition) is 4. The van der Waals surface area contributed by atoms with Crippen molar-refractivity contribution in [1.82, 2.24) is 0 Å². The minimum absolute atomic E-state index is 0.00270. The van der Waals surface area contributed by atoms with Crippen molar-refractivity contribution in [1.29, 1.82) is 0 Å².